The molecule has 1 aromatic heterocycles. The molecular weight excluding hydrogens is 344 g/mol. The van der Waals surface area contributed by atoms with Crippen molar-refractivity contribution in [3.63, 3.8) is 0 Å². The van der Waals surface area contributed by atoms with E-state index in [-0.39, 0.29) is 23.2 Å². The Morgan fingerprint density at radius 2 is 2.05 bits per heavy atom. The number of para-hydroxylation sites is 1. The van der Waals surface area contributed by atoms with Crippen LogP contribution in [0.1, 0.15) is 16.6 Å². The number of hydrogen-bond acceptors (Lipinski definition) is 5. The molecule has 0 atom stereocenters. The lowest BCUT2D eigenvalue weighted by Gasteiger charge is -2.11. The van der Waals surface area contributed by atoms with Gasteiger partial charge in [0.25, 0.3) is 0 Å². The summed E-state index contributed by atoms with van der Waals surface area (Å²) < 4.78 is 7.07. The van der Waals surface area contributed by atoms with Crippen molar-refractivity contribution in [2.45, 2.75) is 6.92 Å². The number of esters is 1. The van der Waals surface area contributed by atoms with Crippen LogP contribution in [-0.2, 0) is 9.53 Å². The second-order valence-electron chi connectivity index (χ2n) is 4.12. The van der Waals surface area contributed by atoms with Gasteiger partial charge < -0.3 is 10.1 Å². The lowest BCUT2D eigenvalue weighted by Crippen LogP contribution is -2.18. The maximum Gasteiger partial charge on any atom is 0.352 e. The van der Waals surface area contributed by atoms with E-state index in [0.29, 0.717) is 3.95 Å². The highest BCUT2D eigenvalue weighted by Crippen LogP contribution is 2.29. The van der Waals surface area contributed by atoms with E-state index in [2.05, 4.69) is 5.32 Å². The third-order valence-electron chi connectivity index (χ3n) is 2.67. The number of amides is 1. The molecule has 116 valence electrons. The van der Waals surface area contributed by atoms with Gasteiger partial charge in [-0.05, 0) is 31.3 Å². The fraction of sp³-hybridized carbons (Fsp3) is 0.214. The molecule has 0 saturated heterocycles. The van der Waals surface area contributed by atoms with Crippen molar-refractivity contribution in [2.24, 2.45) is 0 Å². The van der Waals surface area contributed by atoms with Gasteiger partial charge in [0.05, 0.1) is 6.61 Å². The monoisotopic (exact) mass is 356 g/mol. The quantitative estimate of drug-likeness (QED) is 0.505. The smallest absolute Gasteiger partial charge is 0.352 e. The first-order valence-electron chi connectivity index (χ1n) is 6.42. The maximum absolute atomic E-state index is 12.1. The predicted molar refractivity (Wildman–Crippen MR) is 89.8 cm³/mol. The van der Waals surface area contributed by atoms with E-state index in [9.17, 15) is 9.59 Å². The summed E-state index contributed by atoms with van der Waals surface area (Å²) in [5.74, 6) is -0.896. The molecule has 0 saturated carbocycles. The summed E-state index contributed by atoms with van der Waals surface area (Å²) in [5.41, 5.74) is 0.740. The third-order valence-corrected chi connectivity index (χ3v) is 4.26. The number of ether oxygens (including phenoxy) is 1. The Balaban J connectivity index is 2.59. The zero-order chi connectivity index (χ0) is 16.1. The van der Waals surface area contributed by atoms with Gasteiger partial charge in [-0.2, -0.15) is 0 Å². The van der Waals surface area contributed by atoms with Crippen molar-refractivity contribution in [3.8, 4) is 5.69 Å². The highest BCUT2D eigenvalue weighted by Gasteiger charge is 2.22. The fourth-order valence-corrected chi connectivity index (χ4v) is 3.16. The summed E-state index contributed by atoms with van der Waals surface area (Å²) in [6.45, 7) is 1.94. The molecule has 1 aromatic carbocycles. The predicted octanol–water partition coefficient (Wildman–Crippen LogP) is 3.62. The van der Waals surface area contributed by atoms with Gasteiger partial charge in [-0.15, -0.1) is 11.6 Å². The van der Waals surface area contributed by atoms with Crippen LogP contribution in [-0.4, -0.2) is 28.9 Å². The van der Waals surface area contributed by atoms with Crippen molar-refractivity contribution >= 4 is 52.8 Å². The molecule has 0 unspecified atom stereocenters. The number of rotatable bonds is 5. The van der Waals surface area contributed by atoms with Gasteiger partial charge in [0.2, 0.25) is 5.91 Å². The molecule has 5 nitrogen and oxygen atoms in total. The van der Waals surface area contributed by atoms with Crippen molar-refractivity contribution < 1.29 is 14.3 Å². The number of aromatic nitrogens is 1. The van der Waals surface area contributed by atoms with Crippen molar-refractivity contribution in [1.82, 2.24) is 4.57 Å². The Kier molecular flexibility index (Phi) is 5.70. The number of carbonyl (C=O) groups is 2. The number of alkyl halides is 1. The summed E-state index contributed by atoms with van der Waals surface area (Å²) in [6.07, 6.45) is 0. The normalized spacial score (nSPS) is 10.3. The number of benzene rings is 1. The SMILES string of the molecule is CCOC(=O)c1sc(=S)n(-c2ccccc2)c1NC(=O)CCl. The molecule has 0 fully saturated rings. The Morgan fingerprint density at radius 3 is 2.64 bits per heavy atom. The largest absolute Gasteiger partial charge is 0.462 e. The molecule has 1 N–H and O–H groups in total. The lowest BCUT2D eigenvalue weighted by atomic mass is 10.3. The molecule has 22 heavy (non-hydrogen) atoms. The first kappa shape index (κ1) is 16.7. The molecule has 0 bridgehead atoms. The Morgan fingerprint density at radius 1 is 1.36 bits per heavy atom. The van der Waals surface area contributed by atoms with Gasteiger partial charge in [-0.3, -0.25) is 9.36 Å². The van der Waals surface area contributed by atoms with Gasteiger partial charge in [0.15, 0.2) is 8.83 Å². The van der Waals surface area contributed by atoms with E-state index >= 15 is 0 Å². The van der Waals surface area contributed by atoms with Gasteiger partial charge in [0.1, 0.15) is 11.7 Å². The molecule has 2 aromatic rings. The van der Waals surface area contributed by atoms with E-state index in [1.54, 1.807) is 11.5 Å². The summed E-state index contributed by atoms with van der Waals surface area (Å²) in [6, 6.07) is 9.20. The molecule has 1 amide bonds. The number of halogens is 1. The van der Waals surface area contributed by atoms with E-state index in [1.165, 1.54) is 0 Å². The van der Waals surface area contributed by atoms with Gasteiger partial charge >= 0.3 is 5.97 Å². The molecule has 0 spiro atoms. The van der Waals surface area contributed by atoms with Crippen LogP contribution in [0.5, 0.6) is 0 Å². The third kappa shape index (κ3) is 3.55. The van der Waals surface area contributed by atoms with Gasteiger partial charge in [-0.1, -0.05) is 29.5 Å². The highest BCUT2D eigenvalue weighted by molar-refractivity contribution is 7.73. The number of nitrogens with zero attached hydrogens (tertiary/aromatic N) is 1. The Bertz CT molecular complexity index is 740. The van der Waals surface area contributed by atoms with Crippen LogP contribution in [0.15, 0.2) is 30.3 Å². The zero-order valence-electron chi connectivity index (χ0n) is 11.7. The van der Waals surface area contributed by atoms with E-state index < -0.39 is 11.9 Å². The molecule has 1 heterocycles. The molecular formula is C14H13ClN2O3S2. The van der Waals surface area contributed by atoms with E-state index in [1.807, 2.05) is 30.3 Å². The van der Waals surface area contributed by atoms with Crippen LogP contribution in [0.2, 0.25) is 0 Å². The molecule has 0 aliphatic carbocycles. The average Bonchev–Trinajstić information content (AvgIpc) is 2.84. The van der Waals surface area contributed by atoms with Crippen LogP contribution in [0.25, 0.3) is 5.69 Å². The first-order chi connectivity index (χ1) is 10.6. The summed E-state index contributed by atoms with van der Waals surface area (Å²) in [5, 5.41) is 2.62. The number of anilines is 1. The number of carbonyl (C=O) groups excluding carboxylic acids is 2. The minimum absolute atomic E-state index is 0.223. The van der Waals surface area contributed by atoms with Crippen LogP contribution < -0.4 is 5.32 Å². The molecule has 0 radical (unpaired) electrons. The second kappa shape index (κ2) is 7.53. The van der Waals surface area contributed by atoms with Crippen LogP contribution in [0, 0.1) is 3.95 Å². The fourth-order valence-electron chi connectivity index (χ4n) is 1.80. The molecule has 2 rings (SSSR count). The Labute approximate surface area is 141 Å². The molecule has 0 aliphatic rings. The highest BCUT2D eigenvalue weighted by atomic mass is 35.5. The van der Waals surface area contributed by atoms with Crippen molar-refractivity contribution in [3.05, 3.63) is 39.2 Å². The first-order valence-corrected chi connectivity index (χ1v) is 8.18. The second-order valence-corrected chi connectivity index (χ2v) is 6.03. The summed E-state index contributed by atoms with van der Waals surface area (Å²) in [4.78, 5) is 24.0. The van der Waals surface area contributed by atoms with Gasteiger partial charge in [0, 0.05) is 5.69 Å². The minimum Gasteiger partial charge on any atom is -0.462 e. The number of nitrogens with one attached hydrogen (secondary N) is 1. The van der Waals surface area contributed by atoms with Crippen LogP contribution in [0.3, 0.4) is 0 Å². The van der Waals surface area contributed by atoms with E-state index in [0.717, 1.165) is 17.0 Å². The van der Waals surface area contributed by atoms with Gasteiger partial charge in [-0.25, -0.2) is 4.79 Å². The van der Waals surface area contributed by atoms with Crippen LogP contribution in [0.4, 0.5) is 5.82 Å². The molecule has 0 aliphatic heterocycles. The maximum atomic E-state index is 12.1. The molecule has 8 heteroatoms. The number of thiazole rings is 1. The summed E-state index contributed by atoms with van der Waals surface area (Å²) >= 11 is 11.9. The van der Waals surface area contributed by atoms with Crippen LogP contribution >= 0.6 is 35.2 Å². The van der Waals surface area contributed by atoms with Crippen molar-refractivity contribution in [1.29, 1.82) is 0 Å². The minimum atomic E-state index is -0.529. The summed E-state index contributed by atoms with van der Waals surface area (Å²) in [7, 11) is 0. The lowest BCUT2D eigenvalue weighted by molar-refractivity contribution is -0.113. The standard InChI is InChI=1S/C14H13ClN2O3S2/c1-2-20-13(19)11-12(16-10(18)8-15)17(14(21)22-11)9-6-4-3-5-7-9/h3-7H,2,8H2,1H3,(H,16,18). The topological polar surface area (TPSA) is 60.3 Å². The number of hydrogen-bond donors (Lipinski definition) is 1. The zero-order valence-corrected chi connectivity index (χ0v) is 14.1. The van der Waals surface area contributed by atoms with Crippen molar-refractivity contribution in [2.75, 3.05) is 17.8 Å². The average molecular weight is 357 g/mol. The Hall–Kier alpha value is -1.70. The van der Waals surface area contributed by atoms with E-state index in [4.69, 9.17) is 28.6 Å².